The van der Waals surface area contributed by atoms with Crippen LogP contribution < -0.4 is 11.3 Å². The van der Waals surface area contributed by atoms with Gasteiger partial charge < -0.3 is 5.73 Å². The van der Waals surface area contributed by atoms with Gasteiger partial charge in [0, 0.05) is 10.7 Å². The van der Waals surface area contributed by atoms with E-state index >= 15 is 0 Å². The molecule has 0 amide bonds. The summed E-state index contributed by atoms with van der Waals surface area (Å²) < 4.78 is 0.981. The summed E-state index contributed by atoms with van der Waals surface area (Å²) in [5.41, 5.74) is 6.93. The molecular formula is C16H12BrN5O. The molecule has 0 radical (unpaired) electrons. The number of guanidine groups is 1. The molecule has 0 bridgehead atoms. The van der Waals surface area contributed by atoms with Crippen LogP contribution in [0.2, 0.25) is 0 Å². The number of rotatable bonds is 2. The summed E-state index contributed by atoms with van der Waals surface area (Å²) in [6.07, 6.45) is 1.59. The largest absolute Gasteiger partial charge is 0.368 e. The number of hydrogen-bond acceptors (Lipinski definition) is 3. The van der Waals surface area contributed by atoms with Crippen LogP contribution >= 0.6 is 15.9 Å². The van der Waals surface area contributed by atoms with Gasteiger partial charge in [-0.1, -0.05) is 40.2 Å². The maximum absolute atomic E-state index is 11.9. The lowest BCUT2D eigenvalue weighted by Crippen LogP contribution is -2.11. The minimum atomic E-state index is -0.265. The van der Waals surface area contributed by atoms with Crippen molar-refractivity contribution in [2.45, 2.75) is 0 Å². The van der Waals surface area contributed by atoms with Crippen LogP contribution in [0.1, 0.15) is 5.56 Å². The molecule has 0 aliphatic carbocycles. The van der Waals surface area contributed by atoms with Crippen LogP contribution in [0.3, 0.4) is 0 Å². The Morgan fingerprint density at radius 1 is 1.17 bits per heavy atom. The number of aromatic amines is 1. The Bertz CT molecular complexity index is 960. The summed E-state index contributed by atoms with van der Waals surface area (Å²) >= 11 is 3.36. The number of fused-ring (bicyclic) bond motifs is 1. The molecule has 0 spiro atoms. The van der Waals surface area contributed by atoms with Gasteiger partial charge in [0.1, 0.15) is 0 Å². The zero-order valence-electron chi connectivity index (χ0n) is 11.9. The smallest absolute Gasteiger partial charge is 0.260 e. The van der Waals surface area contributed by atoms with E-state index in [1.165, 1.54) is 0 Å². The van der Waals surface area contributed by atoms with Crippen molar-refractivity contribution in [3.05, 3.63) is 68.9 Å². The first-order valence-electron chi connectivity index (χ1n) is 6.75. The molecule has 0 saturated heterocycles. The molecule has 3 N–H and O–H groups in total. The van der Waals surface area contributed by atoms with Gasteiger partial charge in [0.2, 0.25) is 11.9 Å². The zero-order chi connectivity index (χ0) is 16.2. The maximum atomic E-state index is 11.9. The molecule has 1 heterocycles. The van der Waals surface area contributed by atoms with Crippen LogP contribution in [0.15, 0.2) is 67.8 Å². The quantitative estimate of drug-likeness (QED) is 0.536. The number of nitrogens with zero attached hydrogens (tertiary/aromatic N) is 3. The second-order valence-corrected chi connectivity index (χ2v) is 5.60. The van der Waals surface area contributed by atoms with Crippen molar-refractivity contribution >= 4 is 45.0 Å². The van der Waals surface area contributed by atoms with Crippen molar-refractivity contribution in [2.24, 2.45) is 15.7 Å². The van der Waals surface area contributed by atoms with Gasteiger partial charge in [0.25, 0.3) is 5.56 Å². The van der Waals surface area contributed by atoms with Crippen LogP contribution in [0, 0.1) is 0 Å². The Hall–Kier alpha value is -2.80. The van der Waals surface area contributed by atoms with Gasteiger partial charge in [-0.2, -0.15) is 4.99 Å². The van der Waals surface area contributed by atoms with Crippen LogP contribution in [0.5, 0.6) is 0 Å². The Morgan fingerprint density at radius 2 is 1.91 bits per heavy atom. The van der Waals surface area contributed by atoms with Crippen molar-refractivity contribution in [3.63, 3.8) is 0 Å². The fraction of sp³-hybridized carbons (Fsp3) is 0. The fourth-order valence-corrected chi connectivity index (χ4v) is 2.22. The van der Waals surface area contributed by atoms with Crippen molar-refractivity contribution in [1.29, 1.82) is 0 Å². The van der Waals surface area contributed by atoms with E-state index in [-0.39, 0.29) is 17.5 Å². The molecular weight excluding hydrogens is 358 g/mol. The average molecular weight is 370 g/mol. The number of H-pyrrole nitrogens is 1. The summed E-state index contributed by atoms with van der Waals surface area (Å²) in [4.78, 5) is 26.8. The summed E-state index contributed by atoms with van der Waals surface area (Å²) in [6, 6.07) is 14.6. The highest BCUT2D eigenvalue weighted by atomic mass is 79.9. The van der Waals surface area contributed by atoms with Crippen LogP contribution in [-0.2, 0) is 0 Å². The number of aromatic nitrogens is 2. The standard InChI is InChI=1S/C16H12BrN5O/c17-11-7-5-10(6-8-11)9-19-15(18)22-16-20-13-4-2-1-3-12(13)14(23)21-16/h1-9H,(H3,18,20,21,22,23). The van der Waals surface area contributed by atoms with Crippen LogP contribution in [-0.4, -0.2) is 22.1 Å². The predicted octanol–water partition coefficient (Wildman–Crippen LogP) is 2.75. The van der Waals surface area contributed by atoms with Crippen LogP contribution in [0.4, 0.5) is 5.95 Å². The van der Waals surface area contributed by atoms with Crippen molar-refractivity contribution in [3.8, 4) is 0 Å². The highest BCUT2D eigenvalue weighted by Crippen LogP contribution is 2.10. The van der Waals surface area contributed by atoms with E-state index in [9.17, 15) is 4.79 Å². The Balaban J connectivity index is 1.88. The monoisotopic (exact) mass is 369 g/mol. The molecule has 114 valence electrons. The highest BCUT2D eigenvalue weighted by molar-refractivity contribution is 9.10. The molecule has 3 rings (SSSR count). The molecule has 0 aliphatic rings. The molecule has 3 aromatic rings. The Kier molecular flexibility index (Phi) is 4.29. The van der Waals surface area contributed by atoms with Gasteiger partial charge in [-0.05, 0) is 29.8 Å². The topological polar surface area (TPSA) is 96.5 Å². The molecule has 23 heavy (non-hydrogen) atoms. The highest BCUT2D eigenvalue weighted by Gasteiger charge is 2.02. The first-order valence-corrected chi connectivity index (χ1v) is 7.54. The van der Waals surface area contributed by atoms with E-state index in [4.69, 9.17) is 5.73 Å². The van der Waals surface area contributed by atoms with Gasteiger partial charge in [-0.3, -0.25) is 9.78 Å². The number of aliphatic imine (C=N–C) groups is 2. The van der Waals surface area contributed by atoms with E-state index in [0.717, 1.165) is 10.0 Å². The third-order valence-electron chi connectivity index (χ3n) is 3.04. The van der Waals surface area contributed by atoms with Crippen molar-refractivity contribution in [2.75, 3.05) is 0 Å². The van der Waals surface area contributed by atoms with E-state index in [1.54, 1.807) is 30.5 Å². The number of para-hydroxylation sites is 1. The van der Waals surface area contributed by atoms with E-state index in [2.05, 4.69) is 35.9 Å². The van der Waals surface area contributed by atoms with E-state index < -0.39 is 0 Å². The number of nitrogens with two attached hydrogens (primary N) is 1. The Labute approximate surface area is 139 Å². The minimum Gasteiger partial charge on any atom is -0.368 e. The lowest BCUT2D eigenvalue weighted by molar-refractivity contribution is 1.13. The molecule has 7 heteroatoms. The SMILES string of the molecule is NC(N=Cc1ccc(Br)cc1)=Nc1nc2ccccc2c(=O)[nH]1. The second-order valence-electron chi connectivity index (χ2n) is 4.69. The minimum absolute atomic E-state index is 0.00588. The van der Waals surface area contributed by atoms with E-state index in [1.807, 2.05) is 24.3 Å². The number of benzene rings is 2. The number of halogens is 1. The average Bonchev–Trinajstić information content (AvgIpc) is 2.54. The van der Waals surface area contributed by atoms with Gasteiger partial charge in [0.05, 0.1) is 10.9 Å². The third-order valence-corrected chi connectivity index (χ3v) is 3.57. The third kappa shape index (κ3) is 3.70. The number of hydrogen-bond donors (Lipinski definition) is 2. The maximum Gasteiger partial charge on any atom is 0.260 e. The molecule has 0 saturated carbocycles. The van der Waals surface area contributed by atoms with Crippen LogP contribution in [0.25, 0.3) is 10.9 Å². The van der Waals surface area contributed by atoms with E-state index in [0.29, 0.717) is 10.9 Å². The lowest BCUT2D eigenvalue weighted by atomic mass is 10.2. The van der Waals surface area contributed by atoms with Crippen molar-refractivity contribution in [1.82, 2.24) is 9.97 Å². The molecule has 6 nitrogen and oxygen atoms in total. The summed E-state index contributed by atoms with van der Waals surface area (Å²) in [7, 11) is 0. The van der Waals surface area contributed by atoms with Gasteiger partial charge >= 0.3 is 0 Å². The molecule has 0 atom stereocenters. The zero-order valence-corrected chi connectivity index (χ0v) is 13.5. The summed E-state index contributed by atoms with van der Waals surface area (Å²) in [5, 5.41) is 0.503. The predicted molar refractivity (Wildman–Crippen MR) is 95.4 cm³/mol. The molecule has 2 aromatic carbocycles. The molecule has 1 aromatic heterocycles. The summed E-state index contributed by atoms with van der Waals surface area (Å²) in [5.74, 6) is 0.130. The Morgan fingerprint density at radius 3 is 2.70 bits per heavy atom. The fourth-order valence-electron chi connectivity index (χ4n) is 1.95. The molecule has 0 unspecified atom stereocenters. The lowest BCUT2D eigenvalue weighted by Gasteiger charge is -1.98. The summed E-state index contributed by atoms with van der Waals surface area (Å²) in [6.45, 7) is 0. The normalized spacial score (nSPS) is 12.1. The van der Waals surface area contributed by atoms with Crippen molar-refractivity contribution < 1.29 is 0 Å². The van der Waals surface area contributed by atoms with Gasteiger partial charge in [-0.25, -0.2) is 9.98 Å². The molecule has 0 fully saturated rings. The first-order chi connectivity index (χ1) is 11.1. The van der Waals surface area contributed by atoms with Gasteiger partial charge in [-0.15, -0.1) is 0 Å². The number of nitrogens with one attached hydrogen (secondary N) is 1. The van der Waals surface area contributed by atoms with Gasteiger partial charge in [0.15, 0.2) is 0 Å². The molecule has 0 aliphatic heterocycles. The first kappa shape index (κ1) is 15.1. The second kappa shape index (κ2) is 6.53.